The van der Waals surface area contributed by atoms with Crippen molar-refractivity contribution in [2.45, 2.75) is 63.8 Å². The molecule has 0 atom stereocenters. The number of carbonyl (C=O) groups excluding carboxylic acids is 2. The van der Waals surface area contributed by atoms with Crippen LogP contribution in [0.3, 0.4) is 0 Å². The van der Waals surface area contributed by atoms with Gasteiger partial charge in [0.05, 0.1) is 19.9 Å². The van der Waals surface area contributed by atoms with Crippen LogP contribution in [-0.2, 0) is 9.59 Å². The predicted octanol–water partition coefficient (Wildman–Crippen LogP) is 3.90. The summed E-state index contributed by atoms with van der Waals surface area (Å²) < 4.78 is 10.6. The van der Waals surface area contributed by atoms with E-state index in [-0.39, 0.29) is 23.7 Å². The van der Waals surface area contributed by atoms with E-state index < -0.39 is 0 Å². The van der Waals surface area contributed by atoms with Crippen LogP contribution in [0.2, 0.25) is 0 Å². The van der Waals surface area contributed by atoms with Crippen molar-refractivity contribution in [3.8, 4) is 11.5 Å². The first-order valence-electron chi connectivity index (χ1n) is 10.4. The molecule has 1 aromatic carbocycles. The van der Waals surface area contributed by atoms with Gasteiger partial charge < -0.3 is 20.1 Å². The molecule has 0 spiro atoms. The van der Waals surface area contributed by atoms with Gasteiger partial charge in [-0.3, -0.25) is 9.59 Å². The van der Waals surface area contributed by atoms with E-state index in [4.69, 9.17) is 9.47 Å². The molecule has 0 unspecified atom stereocenters. The van der Waals surface area contributed by atoms with Crippen molar-refractivity contribution in [2.75, 3.05) is 19.5 Å². The highest BCUT2D eigenvalue weighted by molar-refractivity contribution is 5.94. The molecule has 2 fully saturated rings. The first-order chi connectivity index (χ1) is 13.6. The van der Waals surface area contributed by atoms with Crippen LogP contribution < -0.4 is 20.1 Å². The van der Waals surface area contributed by atoms with Crippen LogP contribution in [0, 0.1) is 11.8 Å². The second-order valence-electron chi connectivity index (χ2n) is 7.95. The van der Waals surface area contributed by atoms with Gasteiger partial charge in [0.1, 0.15) is 11.5 Å². The number of rotatable bonds is 6. The van der Waals surface area contributed by atoms with Crippen molar-refractivity contribution in [2.24, 2.45) is 11.8 Å². The van der Waals surface area contributed by atoms with Crippen LogP contribution in [0.15, 0.2) is 18.2 Å². The number of methoxy groups -OCH3 is 2. The molecule has 28 heavy (non-hydrogen) atoms. The summed E-state index contributed by atoms with van der Waals surface area (Å²) in [5, 5.41) is 6.20. The summed E-state index contributed by atoms with van der Waals surface area (Å²) in [5.41, 5.74) is 0.615. The Balaban J connectivity index is 1.50. The molecule has 154 valence electrons. The molecular weight excluding hydrogens is 356 g/mol. The second kappa shape index (κ2) is 9.80. The van der Waals surface area contributed by atoms with Crippen molar-refractivity contribution in [1.82, 2.24) is 5.32 Å². The summed E-state index contributed by atoms with van der Waals surface area (Å²) in [6.07, 6.45) is 8.93. The SMILES string of the molecule is COc1ccc(OC)c(NC(=O)C2CCC(C(=O)NC3CCCCC3)CC2)c1. The minimum atomic E-state index is -0.0744. The van der Waals surface area contributed by atoms with Crippen LogP contribution >= 0.6 is 0 Å². The monoisotopic (exact) mass is 388 g/mol. The molecule has 0 aliphatic heterocycles. The highest BCUT2D eigenvalue weighted by atomic mass is 16.5. The lowest BCUT2D eigenvalue weighted by atomic mass is 9.80. The minimum absolute atomic E-state index is 0.0160. The highest BCUT2D eigenvalue weighted by Crippen LogP contribution is 2.33. The number of ether oxygens (including phenoxy) is 2. The van der Waals surface area contributed by atoms with Crippen LogP contribution in [0.25, 0.3) is 0 Å². The van der Waals surface area contributed by atoms with Gasteiger partial charge in [-0.15, -0.1) is 0 Å². The fourth-order valence-corrected chi connectivity index (χ4v) is 4.33. The zero-order valence-electron chi connectivity index (χ0n) is 17.0. The Kier molecular flexibility index (Phi) is 7.18. The van der Waals surface area contributed by atoms with Gasteiger partial charge in [-0.1, -0.05) is 19.3 Å². The summed E-state index contributed by atoms with van der Waals surface area (Å²) in [7, 11) is 3.17. The normalized spacial score (nSPS) is 22.9. The lowest BCUT2D eigenvalue weighted by Crippen LogP contribution is -2.41. The molecule has 3 rings (SSSR count). The average molecular weight is 389 g/mol. The summed E-state index contributed by atoms with van der Waals surface area (Å²) >= 11 is 0. The van der Waals surface area contributed by atoms with E-state index in [9.17, 15) is 9.59 Å². The molecule has 0 radical (unpaired) electrons. The number of carbonyl (C=O) groups is 2. The third-order valence-electron chi connectivity index (χ3n) is 6.08. The maximum absolute atomic E-state index is 12.7. The van der Waals surface area contributed by atoms with Crippen molar-refractivity contribution < 1.29 is 19.1 Å². The molecule has 0 heterocycles. The summed E-state index contributed by atoms with van der Waals surface area (Å²) in [6, 6.07) is 5.69. The quantitative estimate of drug-likeness (QED) is 0.775. The van der Waals surface area contributed by atoms with E-state index in [1.165, 1.54) is 19.3 Å². The smallest absolute Gasteiger partial charge is 0.227 e. The van der Waals surface area contributed by atoms with Gasteiger partial charge in [-0.25, -0.2) is 0 Å². The van der Waals surface area contributed by atoms with E-state index in [1.54, 1.807) is 32.4 Å². The minimum Gasteiger partial charge on any atom is -0.497 e. The van der Waals surface area contributed by atoms with E-state index >= 15 is 0 Å². The average Bonchev–Trinajstić information content (AvgIpc) is 2.74. The lowest BCUT2D eigenvalue weighted by molar-refractivity contribution is -0.129. The molecule has 0 bridgehead atoms. The Labute approximate surface area is 167 Å². The van der Waals surface area contributed by atoms with E-state index in [1.807, 2.05) is 0 Å². The maximum Gasteiger partial charge on any atom is 0.227 e. The van der Waals surface area contributed by atoms with Crippen molar-refractivity contribution in [3.63, 3.8) is 0 Å². The maximum atomic E-state index is 12.7. The van der Waals surface area contributed by atoms with Crippen molar-refractivity contribution in [3.05, 3.63) is 18.2 Å². The van der Waals surface area contributed by atoms with Crippen LogP contribution in [0.1, 0.15) is 57.8 Å². The Hall–Kier alpha value is -2.24. The Morgan fingerprint density at radius 1 is 0.857 bits per heavy atom. The van der Waals surface area contributed by atoms with E-state index in [0.29, 0.717) is 23.2 Å². The second-order valence-corrected chi connectivity index (χ2v) is 7.95. The first kappa shape index (κ1) is 20.5. The van der Waals surface area contributed by atoms with Crippen molar-refractivity contribution >= 4 is 17.5 Å². The molecule has 2 aliphatic rings. The number of hydrogen-bond donors (Lipinski definition) is 2. The molecule has 0 saturated heterocycles. The van der Waals surface area contributed by atoms with E-state index in [0.717, 1.165) is 38.5 Å². The zero-order valence-corrected chi connectivity index (χ0v) is 17.0. The molecule has 2 amide bonds. The van der Waals surface area contributed by atoms with Gasteiger partial charge >= 0.3 is 0 Å². The highest BCUT2D eigenvalue weighted by Gasteiger charge is 2.31. The number of benzene rings is 1. The van der Waals surface area contributed by atoms with Crippen molar-refractivity contribution in [1.29, 1.82) is 0 Å². The van der Waals surface area contributed by atoms with Gasteiger partial charge in [0, 0.05) is 23.9 Å². The molecule has 2 saturated carbocycles. The predicted molar refractivity (Wildman–Crippen MR) is 109 cm³/mol. The van der Waals surface area contributed by atoms with Gasteiger partial charge in [-0.05, 0) is 50.7 Å². The molecule has 2 N–H and O–H groups in total. The molecule has 1 aromatic rings. The van der Waals surface area contributed by atoms with Gasteiger partial charge in [0.25, 0.3) is 0 Å². The van der Waals surface area contributed by atoms with Gasteiger partial charge in [0.15, 0.2) is 0 Å². The fourth-order valence-electron chi connectivity index (χ4n) is 4.33. The molecule has 2 aliphatic carbocycles. The topological polar surface area (TPSA) is 76.7 Å². The Morgan fingerprint density at radius 2 is 1.50 bits per heavy atom. The molecular formula is C22H32N2O4. The number of nitrogens with one attached hydrogen (secondary N) is 2. The fraction of sp³-hybridized carbons (Fsp3) is 0.636. The zero-order chi connectivity index (χ0) is 19.9. The lowest BCUT2D eigenvalue weighted by Gasteiger charge is -2.30. The van der Waals surface area contributed by atoms with Gasteiger partial charge in [0.2, 0.25) is 11.8 Å². The summed E-state index contributed by atoms with van der Waals surface area (Å²) in [5.74, 6) is 1.40. The molecule has 6 nitrogen and oxygen atoms in total. The third kappa shape index (κ3) is 5.18. The summed E-state index contributed by atoms with van der Waals surface area (Å²) in [4.78, 5) is 25.3. The Morgan fingerprint density at radius 3 is 2.11 bits per heavy atom. The largest absolute Gasteiger partial charge is 0.497 e. The molecule has 6 heteroatoms. The number of anilines is 1. The van der Waals surface area contributed by atoms with Gasteiger partial charge in [-0.2, -0.15) is 0 Å². The third-order valence-corrected chi connectivity index (χ3v) is 6.08. The number of hydrogen-bond acceptors (Lipinski definition) is 4. The summed E-state index contributed by atoms with van der Waals surface area (Å²) in [6.45, 7) is 0. The van der Waals surface area contributed by atoms with Crippen LogP contribution in [-0.4, -0.2) is 32.1 Å². The van der Waals surface area contributed by atoms with Crippen LogP contribution in [0.4, 0.5) is 5.69 Å². The first-order valence-corrected chi connectivity index (χ1v) is 10.4. The Bertz CT molecular complexity index is 677. The molecule has 0 aromatic heterocycles. The number of amides is 2. The van der Waals surface area contributed by atoms with E-state index in [2.05, 4.69) is 10.6 Å². The van der Waals surface area contributed by atoms with Crippen LogP contribution in [0.5, 0.6) is 11.5 Å². The standard InChI is InChI=1S/C22H32N2O4/c1-27-18-12-13-20(28-2)19(14-18)24-22(26)16-10-8-15(9-11-16)21(25)23-17-6-4-3-5-7-17/h12-17H,3-11H2,1-2H3,(H,23,25)(H,24,26).